The number of halogens is 1. The Morgan fingerprint density at radius 2 is 2.29 bits per heavy atom. The fourth-order valence-electron chi connectivity index (χ4n) is 1.44. The predicted molar refractivity (Wildman–Crippen MR) is 65.3 cm³/mol. The molecule has 0 unspecified atom stereocenters. The van der Waals surface area contributed by atoms with E-state index in [0.717, 1.165) is 19.8 Å². The van der Waals surface area contributed by atoms with E-state index in [2.05, 4.69) is 53.0 Å². The fraction of sp³-hybridized carbons (Fsp3) is 0.455. The zero-order valence-electron chi connectivity index (χ0n) is 8.22. The molecule has 2 rings (SSSR count). The normalized spacial score (nSPS) is 16.7. The third kappa shape index (κ3) is 2.46. The van der Waals surface area contributed by atoms with Gasteiger partial charge < -0.3 is 10.1 Å². The molecule has 0 saturated carbocycles. The van der Waals surface area contributed by atoms with Gasteiger partial charge in [0.05, 0.1) is 19.3 Å². The Balaban J connectivity index is 1.96. The second kappa shape index (κ2) is 4.59. The van der Waals surface area contributed by atoms with E-state index in [1.807, 2.05) is 0 Å². The monoisotopic (exact) mass is 303 g/mol. The zero-order chi connectivity index (χ0) is 9.97. The largest absolute Gasteiger partial charge is 0.378 e. The Labute approximate surface area is 98.2 Å². The number of hydrogen-bond donors (Lipinski definition) is 1. The Bertz CT molecular complexity index is 323. The number of rotatable bonds is 3. The standard InChI is InChI=1S/C11H14INO/c1-8-2-3-10(12)4-9(8)5-13-11-6-14-7-11/h2-4,11,13H,5-7H2,1H3. The quantitative estimate of drug-likeness (QED) is 0.863. The molecule has 1 aromatic carbocycles. The van der Waals surface area contributed by atoms with Gasteiger partial charge in [-0.15, -0.1) is 0 Å². The van der Waals surface area contributed by atoms with E-state index >= 15 is 0 Å². The summed E-state index contributed by atoms with van der Waals surface area (Å²) in [6, 6.07) is 7.12. The molecule has 0 spiro atoms. The molecule has 3 heteroatoms. The van der Waals surface area contributed by atoms with Crippen LogP contribution in [0.2, 0.25) is 0 Å². The van der Waals surface area contributed by atoms with Crippen LogP contribution in [0, 0.1) is 10.5 Å². The van der Waals surface area contributed by atoms with Gasteiger partial charge in [-0.3, -0.25) is 0 Å². The van der Waals surface area contributed by atoms with Crippen molar-refractivity contribution in [3.05, 3.63) is 32.9 Å². The van der Waals surface area contributed by atoms with Gasteiger partial charge in [-0.2, -0.15) is 0 Å². The van der Waals surface area contributed by atoms with E-state index in [0.29, 0.717) is 6.04 Å². The van der Waals surface area contributed by atoms with E-state index in [9.17, 15) is 0 Å². The first kappa shape index (κ1) is 10.4. The predicted octanol–water partition coefficient (Wildman–Crippen LogP) is 2.09. The molecule has 0 aromatic heterocycles. The van der Waals surface area contributed by atoms with Crippen molar-refractivity contribution in [2.75, 3.05) is 13.2 Å². The topological polar surface area (TPSA) is 21.3 Å². The molecule has 1 N–H and O–H groups in total. The number of aryl methyl sites for hydroxylation is 1. The SMILES string of the molecule is Cc1ccc(I)cc1CNC1COC1. The van der Waals surface area contributed by atoms with Crippen molar-refractivity contribution >= 4 is 22.6 Å². The van der Waals surface area contributed by atoms with Gasteiger partial charge in [0.25, 0.3) is 0 Å². The van der Waals surface area contributed by atoms with Crippen molar-refractivity contribution in [2.24, 2.45) is 0 Å². The zero-order valence-corrected chi connectivity index (χ0v) is 10.4. The van der Waals surface area contributed by atoms with Crippen LogP contribution in [-0.4, -0.2) is 19.3 Å². The van der Waals surface area contributed by atoms with Crippen LogP contribution in [0.15, 0.2) is 18.2 Å². The van der Waals surface area contributed by atoms with Crippen molar-refractivity contribution < 1.29 is 4.74 Å². The highest BCUT2D eigenvalue weighted by atomic mass is 127. The van der Waals surface area contributed by atoms with Crippen molar-refractivity contribution in [2.45, 2.75) is 19.5 Å². The maximum atomic E-state index is 5.11. The van der Waals surface area contributed by atoms with Crippen LogP contribution in [0.1, 0.15) is 11.1 Å². The Morgan fingerprint density at radius 3 is 2.93 bits per heavy atom. The van der Waals surface area contributed by atoms with Crippen LogP contribution in [0.3, 0.4) is 0 Å². The maximum Gasteiger partial charge on any atom is 0.0643 e. The van der Waals surface area contributed by atoms with E-state index in [1.165, 1.54) is 14.7 Å². The van der Waals surface area contributed by atoms with Crippen LogP contribution in [0.4, 0.5) is 0 Å². The van der Waals surface area contributed by atoms with Crippen LogP contribution in [0.5, 0.6) is 0 Å². The lowest BCUT2D eigenvalue weighted by Crippen LogP contribution is -2.45. The summed E-state index contributed by atoms with van der Waals surface area (Å²) in [5.41, 5.74) is 2.75. The fourth-order valence-corrected chi connectivity index (χ4v) is 1.99. The Hall–Kier alpha value is -0.130. The van der Waals surface area contributed by atoms with Gasteiger partial charge in [-0.25, -0.2) is 0 Å². The molecule has 14 heavy (non-hydrogen) atoms. The van der Waals surface area contributed by atoms with E-state index in [4.69, 9.17) is 4.74 Å². The molecule has 1 aliphatic rings. The Morgan fingerprint density at radius 1 is 1.50 bits per heavy atom. The third-order valence-electron chi connectivity index (χ3n) is 2.53. The summed E-state index contributed by atoms with van der Waals surface area (Å²) in [6.45, 7) is 4.84. The number of nitrogens with one attached hydrogen (secondary N) is 1. The van der Waals surface area contributed by atoms with Gasteiger partial charge >= 0.3 is 0 Å². The molecule has 1 aliphatic heterocycles. The summed E-state index contributed by atoms with van der Waals surface area (Å²) in [4.78, 5) is 0. The van der Waals surface area contributed by atoms with Gasteiger partial charge in [0.1, 0.15) is 0 Å². The minimum absolute atomic E-state index is 0.562. The molecule has 1 fully saturated rings. The van der Waals surface area contributed by atoms with Crippen LogP contribution < -0.4 is 5.32 Å². The second-order valence-electron chi connectivity index (χ2n) is 3.69. The first-order valence-electron chi connectivity index (χ1n) is 4.82. The highest BCUT2D eigenvalue weighted by Crippen LogP contribution is 2.13. The van der Waals surface area contributed by atoms with Gasteiger partial charge in [-0.05, 0) is 52.8 Å². The van der Waals surface area contributed by atoms with E-state index < -0.39 is 0 Å². The maximum absolute atomic E-state index is 5.11. The van der Waals surface area contributed by atoms with Crippen molar-refractivity contribution in [1.29, 1.82) is 0 Å². The van der Waals surface area contributed by atoms with E-state index in [-0.39, 0.29) is 0 Å². The lowest BCUT2D eigenvalue weighted by atomic mass is 10.1. The van der Waals surface area contributed by atoms with Crippen LogP contribution in [-0.2, 0) is 11.3 Å². The first-order chi connectivity index (χ1) is 6.75. The molecule has 1 saturated heterocycles. The molecule has 1 aromatic rings. The average Bonchev–Trinajstić information content (AvgIpc) is 2.08. The van der Waals surface area contributed by atoms with Gasteiger partial charge in [0, 0.05) is 10.1 Å². The molecule has 2 nitrogen and oxygen atoms in total. The summed E-state index contributed by atoms with van der Waals surface area (Å²) < 4.78 is 6.41. The summed E-state index contributed by atoms with van der Waals surface area (Å²) in [7, 11) is 0. The van der Waals surface area contributed by atoms with E-state index in [1.54, 1.807) is 0 Å². The summed E-state index contributed by atoms with van der Waals surface area (Å²) in [5, 5.41) is 3.48. The van der Waals surface area contributed by atoms with Crippen LogP contribution in [0.25, 0.3) is 0 Å². The molecule has 0 atom stereocenters. The molecule has 0 amide bonds. The molecule has 0 radical (unpaired) electrons. The lowest BCUT2D eigenvalue weighted by molar-refractivity contribution is -0.00580. The minimum atomic E-state index is 0.562. The Kier molecular flexibility index (Phi) is 3.41. The third-order valence-corrected chi connectivity index (χ3v) is 3.20. The molecule has 0 aliphatic carbocycles. The highest BCUT2D eigenvalue weighted by molar-refractivity contribution is 14.1. The van der Waals surface area contributed by atoms with Gasteiger partial charge in [-0.1, -0.05) is 6.07 Å². The van der Waals surface area contributed by atoms with Gasteiger partial charge in [0.2, 0.25) is 0 Å². The smallest absolute Gasteiger partial charge is 0.0643 e. The lowest BCUT2D eigenvalue weighted by Gasteiger charge is -2.27. The first-order valence-corrected chi connectivity index (χ1v) is 5.90. The van der Waals surface area contributed by atoms with Crippen molar-refractivity contribution in [1.82, 2.24) is 5.32 Å². The molecule has 76 valence electrons. The molecular weight excluding hydrogens is 289 g/mol. The number of benzene rings is 1. The van der Waals surface area contributed by atoms with Crippen LogP contribution >= 0.6 is 22.6 Å². The summed E-state index contributed by atoms with van der Waals surface area (Å²) >= 11 is 2.35. The average molecular weight is 303 g/mol. The molecule has 0 bridgehead atoms. The minimum Gasteiger partial charge on any atom is -0.378 e. The highest BCUT2D eigenvalue weighted by Gasteiger charge is 2.17. The number of hydrogen-bond acceptors (Lipinski definition) is 2. The summed E-state index contributed by atoms with van der Waals surface area (Å²) in [6.07, 6.45) is 0. The summed E-state index contributed by atoms with van der Waals surface area (Å²) in [5.74, 6) is 0. The second-order valence-corrected chi connectivity index (χ2v) is 4.93. The molecule has 1 heterocycles. The van der Waals surface area contributed by atoms with Crippen molar-refractivity contribution in [3.8, 4) is 0 Å². The van der Waals surface area contributed by atoms with Gasteiger partial charge in [0.15, 0.2) is 0 Å². The van der Waals surface area contributed by atoms with Crippen molar-refractivity contribution in [3.63, 3.8) is 0 Å². The number of ether oxygens (including phenoxy) is 1. The molecular formula is C11H14INO.